The van der Waals surface area contributed by atoms with Gasteiger partial charge in [0.05, 0.1) is 25.5 Å². The van der Waals surface area contributed by atoms with Gasteiger partial charge in [-0.25, -0.2) is 4.39 Å². The van der Waals surface area contributed by atoms with Gasteiger partial charge in [-0.05, 0) is 30.5 Å². The maximum Gasteiger partial charge on any atom is 0.258 e. The maximum atomic E-state index is 14.2. The molecule has 6 heteroatoms. The van der Waals surface area contributed by atoms with E-state index in [1.165, 1.54) is 11.0 Å². The average molecular weight is 344 g/mol. The van der Waals surface area contributed by atoms with E-state index in [-0.39, 0.29) is 18.3 Å². The van der Waals surface area contributed by atoms with Crippen molar-refractivity contribution in [3.05, 3.63) is 28.0 Å². The zero-order valence-corrected chi connectivity index (χ0v) is 12.5. The predicted octanol–water partition coefficient (Wildman–Crippen LogP) is 2.28. The van der Waals surface area contributed by atoms with E-state index in [2.05, 4.69) is 15.9 Å². The van der Waals surface area contributed by atoms with E-state index in [1.807, 2.05) is 6.07 Å². The number of hydrogen-bond acceptors (Lipinski definition) is 3. The van der Waals surface area contributed by atoms with Crippen molar-refractivity contribution in [2.24, 2.45) is 0 Å². The number of fused-ring (bicyclic) bond motifs is 1. The second-order valence-electron chi connectivity index (χ2n) is 4.92. The van der Waals surface area contributed by atoms with Crippen LogP contribution in [0.1, 0.15) is 12.0 Å². The number of amides is 1. The van der Waals surface area contributed by atoms with Crippen molar-refractivity contribution >= 4 is 27.5 Å². The summed E-state index contributed by atoms with van der Waals surface area (Å²) in [6.45, 7) is 1.66. The summed E-state index contributed by atoms with van der Waals surface area (Å²) in [4.78, 5) is 14.0. The first kappa shape index (κ1) is 14.0. The van der Waals surface area contributed by atoms with Crippen molar-refractivity contribution in [1.29, 1.82) is 0 Å². The molecule has 1 atom stereocenters. The topological polar surface area (TPSA) is 38.8 Å². The second-order valence-corrected chi connectivity index (χ2v) is 5.84. The number of aryl methyl sites for hydroxylation is 1. The van der Waals surface area contributed by atoms with E-state index in [1.54, 1.807) is 0 Å². The maximum absolute atomic E-state index is 14.2. The highest BCUT2D eigenvalue weighted by atomic mass is 79.9. The Morgan fingerprint density at radius 3 is 3.00 bits per heavy atom. The van der Waals surface area contributed by atoms with Crippen LogP contribution in [0.4, 0.5) is 10.1 Å². The van der Waals surface area contributed by atoms with Gasteiger partial charge in [0.25, 0.3) is 5.91 Å². The summed E-state index contributed by atoms with van der Waals surface area (Å²) in [6.07, 6.45) is 0.970. The van der Waals surface area contributed by atoms with Gasteiger partial charge >= 0.3 is 0 Å². The second kappa shape index (κ2) is 5.79. The minimum Gasteiger partial charge on any atom is -0.376 e. The van der Waals surface area contributed by atoms with Gasteiger partial charge in [0, 0.05) is 11.0 Å². The number of carbonyl (C=O) groups is 1. The third-order valence-corrected chi connectivity index (χ3v) is 4.02. The molecule has 0 aliphatic carbocycles. The normalized spacial score (nSPS) is 22.5. The molecule has 0 N–H and O–H groups in total. The third-order valence-electron chi connectivity index (χ3n) is 3.56. The van der Waals surface area contributed by atoms with Gasteiger partial charge in [-0.2, -0.15) is 0 Å². The fourth-order valence-electron chi connectivity index (χ4n) is 2.68. The monoisotopic (exact) mass is 343 g/mol. The van der Waals surface area contributed by atoms with Crippen molar-refractivity contribution in [1.82, 2.24) is 0 Å². The van der Waals surface area contributed by atoms with Crippen LogP contribution in [-0.2, 0) is 20.7 Å². The largest absolute Gasteiger partial charge is 0.376 e. The molecule has 20 heavy (non-hydrogen) atoms. The van der Waals surface area contributed by atoms with Gasteiger partial charge in [-0.3, -0.25) is 4.79 Å². The Balaban J connectivity index is 1.91. The molecule has 0 bridgehead atoms. The number of halogens is 2. The van der Waals surface area contributed by atoms with Crippen molar-refractivity contribution in [3.8, 4) is 0 Å². The molecule has 1 saturated heterocycles. The van der Waals surface area contributed by atoms with Crippen LogP contribution in [0.25, 0.3) is 0 Å². The summed E-state index contributed by atoms with van der Waals surface area (Å²) < 4.78 is 25.6. The quantitative estimate of drug-likeness (QED) is 0.785. The summed E-state index contributed by atoms with van der Waals surface area (Å²) in [5, 5.41) is 0. The van der Waals surface area contributed by atoms with Gasteiger partial charge in [0.2, 0.25) is 0 Å². The van der Waals surface area contributed by atoms with Gasteiger partial charge in [0.1, 0.15) is 5.82 Å². The lowest BCUT2D eigenvalue weighted by Crippen LogP contribution is -2.47. The van der Waals surface area contributed by atoms with Gasteiger partial charge in [-0.1, -0.05) is 15.9 Å². The Labute approximate surface area is 125 Å². The van der Waals surface area contributed by atoms with Crippen LogP contribution in [-0.4, -0.2) is 38.4 Å². The lowest BCUT2D eigenvalue weighted by molar-refractivity contribution is -0.144. The van der Waals surface area contributed by atoms with E-state index in [0.717, 1.165) is 18.4 Å². The van der Waals surface area contributed by atoms with Crippen LogP contribution >= 0.6 is 15.9 Å². The fourth-order valence-corrected chi connectivity index (χ4v) is 3.15. The molecule has 4 nitrogen and oxygen atoms in total. The molecule has 2 aliphatic rings. The Kier molecular flexibility index (Phi) is 4.05. The molecule has 0 saturated carbocycles. The summed E-state index contributed by atoms with van der Waals surface area (Å²) in [5.74, 6) is -0.592. The summed E-state index contributed by atoms with van der Waals surface area (Å²) >= 11 is 3.29. The SMILES string of the molecule is O=C([C@@H]1COCCO1)N1CCCc2cc(Br)cc(F)c21. The molecular weight excluding hydrogens is 329 g/mol. The number of benzene rings is 1. The highest BCUT2D eigenvalue weighted by molar-refractivity contribution is 9.10. The lowest BCUT2D eigenvalue weighted by Gasteiger charge is -2.33. The summed E-state index contributed by atoms with van der Waals surface area (Å²) in [5.41, 5.74) is 1.24. The van der Waals surface area contributed by atoms with Gasteiger partial charge in [0.15, 0.2) is 6.10 Å². The third kappa shape index (κ3) is 2.60. The molecule has 0 aromatic heterocycles. The molecule has 0 radical (unpaired) electrons. The lowest BCUT2D eigenvalue weighted by atomic mass is 10.0. The Morgan fingerprint density at radius 2 is 2.25 bits per heavy atom. The smallest absolute Gasteiger partial charge is 0.258 e. The zero-order chi connectivity index (χ0) is 14.1. The van der Waals surface area contributed by atoms with Crippen molar-refractivity contribution in [2.75, 3.05) is 31.3 Å². The Hall–Kier alpha value is -0.980. The minimum absolute atomic E-state index is 0.216. The number of anilines is 1. The highest BCUT2D eigenvalue weighted by Crippen LogP contribution is 2.33. The molecule has 0 spiro atoms. The van der Waals surface area contributed by atoms with E-state index < -0.39 is 6.10 Å². The highest BCUT2D eigenvalue weighted by Gasteiger charge is 2.32. The molecule has 1 amide bonds. The number of ether oxygens (including phenoxy) is 2. The van der Waals surface area contributed by atoms with Gasteiger partial charge in [-0.15, -0.1) is 0 Å². The molecule has 108 valence electrons. The van der Waals surface area contributed by atoms with Crippen LogP contribution in [0.15, 0.2) is 16.6 Å². The van der Waals surface area contributed by atoms with E-state index in [0.29, 0.717) is 29.9 Å². The summed E-state index contributed by atoms with van der Waals surface area (Å²) in [7, 11) is 0. The molecule has 3 rings (SSSR count). The van der Waals surface area contributed by atoms with Crippen molar-refractivity contribution in [2.45, 2.75) is 18.9 Å². The van der Waals surface area contributed by atoms with Crippen molar-refractivity contribution in [3.63, 3.8) is 0 Å². The van der Waals surface area contributed by atoms with E-state index in [9.17, 15) is 9.18 Å². The predicted molar refractivity (Wildman–Crippen MR) is 75.3 cm³/mol. The number of hydrogen-bond donors (Lipinski definition) is 0. The van der Waals surface area contributed by atoms with E-state index in [4.69, 9.17) is 9.47 Å². The zero-order valence-electron chi connectivity index (χ0n) is 10.9. The van der Waals surface area contributed by atoms with Crippen LogP contribution in [0, 0.1) is 5.82 Å². The standard InChI is InChI=1S/C14H15BrFNO3/c15-10-6-9-2-1-3-17(13(9)11(16)7-10)14(18)12-8-19-4-5-20-12/h6-7,12H,1-5,8H2/t12-/m0/s1. The Morgan fingerprint density at radius 1 is 1.40 bits per heavy atom. The molecule has 2 aliphatic heterocycles. The van der Waals surface area contributed by atoms with Gasteiger partial charge < -0.3 is 14.4 Å². The van der Waals surface area contributed by atoms with E-state index >= 15 is 0 Å². The molecular formula is C14H15BrFNO3. The average Bonchev–Trinajstić information content (AvgIpc) is 2.46. The van der Waals surface area contributed by atoms with Crippen LogP contribution in [0.5, 0.6) is 0 Å². The molecule has 1 aromatic rings. The first-order chi connectivity index (χ1) is 9.66. The van der Waals surface area contributed by atoms with Crippen LogP contribution < -0.4 is 4.90 Å². The van der Waals surface area contributed by atoms with Crippen LogP contribution in [0.2, 0.25) is 0 Å². The van der Waals surface area contributed by atoms with Crippen molar-refractivity contribution < 1.29 is 18.7 Å². The first-order valence-corrected chi connectivity index (χ1v) is 7.45. The first-order valence-electron chi connectivity index (χ1n) is 6.65. The minimum atomic E-state index is -0.627. The Bertz CT molecular complexity index is 531. The molecule has 1 aromatic carbocycles. The van der Waals surface area contributed by atoms with Crippen LogP contribution in [0.3, 0.4) is 0 Å². The fraction of sp³-hybridized carbons (Fsp3) is 0.500. The number of rotatable bonds is 1. The number of carbonyl (C=O) groups excluding carboxylic acids is 1. The molecule has 0 unspecified atom stereocenters. The number of nitrogens with zero attached hydrogens (tertiary/aromatic N) is 1. The molecule has 1 fully saturated rings. The molecule has 2 heterocycles. The summed E-state index contributed by atoms with van der Waals surface area (Å²) in [6, 6.07) is 3.26.